The average molecular weight is 227 g/mol. The van der Waals surface area contributed by atoms with E-state index in [2.05, 4.69) is 12.2 Å². The Hall–Kier alpha value is -0.120. The van der Waals surface area contributed by atoms with Crippen LogP contribution in [0.25, 0.3) is 0 Å². The van der Waals surface area contributed by atoms with Crippen molar-refractivity contribution >= 4 is 0 Å². The summed E-state index contributed by atoms with van der Waals surface area (Å²) in [7, 11) is 1.79. The van der Waals surface area contributed by atoms with Crippen LogP contribution < -0.4 is 5.32 Å². The van der Waals surface area contributed by atoms with Crippen molar-refractivity contribution in [2.45, 2.75) is 38.1 Å². The Morgan fingerprint density at radius 1 is 1.31 bits per heavy atom. The summed E-state index contributed by atoms with van der Waals surface area (Å²) in [5.41, 5.74) is 0.213. The third-order valence-electron chi connectivity index (χ3n) is 4.03. The summed E-state index contributed by atoms with van der Waals surface area (Å²) in [6, 6.07) is 0. The fourth-order valence-electron chi connectivity index (χ4n) is 3.22. The highest BCUT2D eigenvalue weighted by Gasteiger charge is 2.35. The second-order valence-corrected chi connectivity index (χ2v) is 5.74. The zero-order valence-electron chi connectivity index (χ0n) is 10.6. The lowest BCUT2D eigenvalue weighted by molar-refractivity contribution is 0.0586. The van der Waals surface area contributed by atoms with Crippen LogP contribution in [-0.4, -0.2) is 39.0 Å². The number of hydrogen-bond donors (Lipinski definition) is 1. The van der Waals surface area contributed by atoms with Gasteiger partial charge in [-0.15, -0.1) is 0 Å². The lowest BCUT2D eigenvalue weighted by Gasteiger charge is -2.26. The number of methoxy groups -OCH3 is 1. The van der Waals surface area contributed by atoms with E-state index in [1.165, 1.54) is 25.7 Å². The van der Waals surface area contributed by atoms with Crippen molar-refractivity contribution in [3.63, 3.8) is 0 Å². The molecular formula is C13H25NO2. The van der Waals surface area contributed by atoms with Crippen LogP contribution in [0, 0.1) is 11.8 Å². The Kier molecular flexibility index (Phi) is 4.22. The van der Waals surface area contributed by atoms with Crippen LogP contribution in [0.5, 0.6) is 0 Å². The van der Waals surface area contributed by atoms with Crippen molar-refractivity contribution in [3.05, 3.63) is 0 Å². The maximum atomic E-state index is 5.41. The van der Waals surface area contributed by atoms with Crippen LogP contribution in [0.2, 0.25) is 0 Å². The molecule has 2 saturated heterocycles. The molecule has 2 heterocycles. The van der Waals surface area contributed by atoms with Crippen LogP contribution in [0.1, 0.15) is 32.6 Å². The quantitative estimate of drug-likeness (QED) is 0.794. The molecule has 94 valence electrons. The van der Waals surface area contributed by atoms with Crippen molar-refractivity contribution in [2.24, 2.45) is 11.8 Å². The van der Waals surface area contributed by atoms with Crippen molar-refractivity contribution < 1.29 is 9.47 Å². The topological polar surface area (TPSA) is 30.5 Å². The third-order valence-corrected chi connectivity index (χ3v) is 4.03. The van der Waals surface area contributed by atoms with Crippen molar-refractivity contribution in [1.29, 1.82) is 0 Å². The van der Waals surface area contributed by atoms with Gasteiger partial charge in [-0.1, -0.05) is 0 Å². The molecular weight excluding hydrogens is 202 g/mol. The van der Waals surface area contributed by atoms with Gasteiger partial charge in [-0.2, -0.15) is 0 Å². The second-order valence-electron chi connectivity index (χ2n) is 5.74. The van der Waals surface area contributed by atoms with E-state index >= 15 is 0 Å². The molecule has 0 aliphatic carbocycles. The maximum absolute atomic E-state index is 5.41. The molecule has 0 spiro atoms. The van der Waals surface area contributed by atoms with Crippen LogP contribution in [0.4, 0.5) is 0 Å². The highest BCUT2D eigenvalue weighted by atomic mass is 16.5. The molecule has 2 unspecified atom stereocenters. The third kappa shape index (κ3) is 3.19. The normalized spacial score (nSPS) is 36.8. The molecule has 2 rings (SSSR count). The van der Waals surface area contributed by atoms with E-state index in [4.69, 9.17) is 9.47 Å². The van der Waals surface area contributed by atoms with E-state index in [9.17, 15) is 0 Å². The van der Waals surface area contributed by atoms with Gasteiger partial charge in [0.25, 0.3) is 0 Å². The summed E-state index contributed by atoms with van der Waals surface area (Å²) in [4.78, 5) is 0. The first-order valence-electron chi connectivity index (χ1n) is 6.53. The molecule has 2 atom stereocenters. The molecule has 2 aliphatic rings. The second kappa shape index (κ2) is 5.48. The molecule has 0 aromatic carbocycles. The van der Waals surface area contributed by atoms with Crippen LogP contribution in [-0.2, 0) is 9.47 Å². The highest BCUT2D eigenvalue weighted by molar-refractivity contribution is 4.93. The van der Waals surface area contributed by atoms with E-state index < -0.39 is 0 Å². The molecule has 3 nitrogen and oxygen atoms in total. The average Bonchev–Trinajstić information content (AvgIpc) is 2.62. The van der Waals surface area contributed by atoms with Gasteiger partial charge in [-0.3, -0.25) is 0 Å². The van der Waals surface area contributed by atoms with Gasteiger partial charge >= 0.3 is 0 Å². The maximum Gasteiger partial charge on any atom is 0.0641 e. The molecule has 0 aromatic heterocycles. The zero-order valence-corrected chi connectivity index (χ0v) is 10.6. The molecule has 2 aliphatic heterocycles. The summed E-state index contributed by atoms with van der Waals surface area (Å²) in [6.45, 7) is 6.22. The summed E-state index contributed by atoms with van der Waals surface area (Å²) < 4.78 is 10.7. The lowest BCUT2D eigenvalue weighted by atomic mass is 9.85. The molecule has 0 bridgehead atoms. The van der Waals surface area contributed by atoms with Gasteiger partial charge in [0.2, 0.25) is 0 Å². The molecule has 0 saturated carbocycles. The SMILES string of the molecule is COCC1(C)CC(CC2CCOCC2)CN1. The van der Waals surface area contributed by atoms with E-state index in [1.807, 2.05) is 0 Å². The Bertz CT molecular complexity index is 216. The van der Waals surface area contributed by atoms with Gasteiger partial charge < -0.3 is 14.8 Å². The Balaban J connectivity index is 1.75. The van der Waals surface area contributed by atoms with Gasteiger partial charge in [0.05, 0.1) is 6.61 Å². The Labute approximate surface area is 98.9 Å². The predicted molar refractivity (Wildman–Crippen MR) is 64.6 cm³/mol. The van der Waals surface area contributed by atoms with Gasteiger partial charge in [0.1, 0.15) is 0 Å². The molecule has 0 aromatic rings. The van der Waals surface area contributed by atoms with Crippen molar-refractivity contribution in [1.82, 2.24) is 5.32 Å². The van der Waals surface area contributed by atoms with E-state index in [0.29, 0.717) is 0 Å². The number of hydrogen-bond acceptors (Lipinski definition) is 3. The van der Waals surface area contributed by atoms with Gasteiger partial charge in [0, 0.05) is 25.9 Å². The van der Waals surface area contributed by atoms with Gasteiger partial charge in [0.15, 0.2) is 0 Å². The molecule has 2 fully saturated rings. The molecule has 0 amide bonds. The first-order chi connectivity index (χ1) is 7.72. The first-order valence-corrected chi connectivity index (χ1v) is 6.53. The molecule has 1 N–H and O–H groups in total. The minimum absolute atomic E-state index is 0.213. The van der Waals surface area contributed by atoms with Gasteiger partial charge in [-0.25, -0.2) is 0 Å². The molecule has 16 heavy (non-hydrogen) atoms. The van der Waals surface area contributed by atoms with Crippen molar-refractivity contribution in [2.75, 3.05) is 33.5 Å². The van der Waals surface area contributed by atoms with Crippen LogP contribution in [0.15, 0.2) is 0 Å². The predicted octanol–water partition coefficient (Wildman–Crippen LogP) is 1.82. The Morgan fingerprint density at radius 3 is 2.75 bits per heavy atom. The zero-order chi connectivity index (χ0) is 11.4. The first kappa shape index (κ1) is 12.3. The minimum Gasteiger partial charge on any atom is -0.383 e. The van der Waals surface area contributed by atoms with Crippen molar-refractivity contribution in [3.8, 4) is 0 Å². The molecule has 0 radical (unpaired) electrons. The summed E-state index contributed by atoms with van der Waals surface area (Å²) in [5.74, 6) is 1.73. The van der Waals surface area contributed by atoms with E-state index in [1.54, 1.807) is 7.11 Å². The molecule has 3 heteroatoms. The largest absolute Gasteiger partial charge is 0.383 e. The summed E-state index contributed by atoms with van der Waals surface area (Å²) in [6.07, 6.45) is 5.16. The number of nitrogens with one attached hydrogen (secondary N) is 1. The van der Waals surface area contributed by atoms with Crippen LogP contribution in [0.3, 0.4) is 0 Å². The minimum atomic E-state index is 0.213. The van der Waals surface area contributed by atoms with Gasteiger partial charge in [-0.05, 0) is 51.0 Å². The number of rotatable bonds is 4. The number of ether oxygens (including phenoxy) is 2. The monoisotopic (exact) mass is 227 g/mol. The van der Waals surface area contributed by atoms with E-state index in [-0.39, 0.29) is 5.54 Å². The fourth-order valence-corrected chi connectivity index (χ4v) is 3.22. The summed E-state index contributed by atoms with van der Waals surface area (Å²) >= 11 is 0. The smallest absolute Gasteiger partial charge is 0.0641 e. The Morgan fingerprint density at radius 2 is 2.06 bits per heavy atom. The lowest BCUT2D eigenvalue weighted by Crippen LogP contribution is -2.40. The van der Waals surface area contributed by atoms with E-state index in [0.717, 1.165) is 38.2 Å². The highest BCUT2D eigenvalue weighted by Crippen LogP contribution is 2.31. The fraction of sp³-hybridized carbons (Fsp3) is 1.00. The summed E-state index contributed by atoms with van der Waals surface area (Å²) in [5, 5.41) is 3.62. The standard InChI is InChI=1S/C13H25NO2/c1-13(10-15-2)8-12(9-14-13)7-11-3-5-16-6-4-11/h11-12,14H,3-10H2,1-2H3. The van der Waals surface area contributed by atoms with Crippen LogP contribution >= 0.6 is 0 Å².